The van der Waals surface area contributed by atoms with Gasteiger partial charge >= 0.3 is 12.1 Å². The molecule has 0 saturated heterocycles. The lowest BCUT2D eigenvalue weighted by Gasteiger charge is -2.31. The Morgan fingerprint density at radius 1 is 1.38 bits per heavy atom. The van der Waals surface area contributed by atoms with E-state index in [1.807, 2.05) is 0 Å². The smallest absolute Gasteiger partial charge is 0.454 e. The fourth-order valence-electron chi connectivity index (χ4n) is 2.12. The van der Waals surface area contributed by atoms with Crippen molar-refractivity contribution in [1.82, 2.24) is 0 Å². The molecule has 0 aromatic heterocycles. The molecule has 0 radical (unpaired) electrons. The van der Waals surface area contributed by atoms with Crippen LogP contribution in [0.2, 0.25) is 0 Å². The third kappa shape index (κ3) is 3.05. The molecule has 1 aromatic rings. The number of anilines is 1. The number of hydrogen-bond donors (Lipinski definition) is 1. The van der Waals surface area contributed by atoms with Crippen molar-refractivity contribution in [2.24, 2.45) is 5.73 Å². The number of carbonyl (C=O) groups excluding carboxylic acids is 1. The molecule has 0 spiro atoms. The molecule has 1 heterocycles. The van der Waals surface area contributed by atoms with E-state index in [1.54, 1.807) is 6.92 Å². The van der Waals surface area contributed by atoms with Crippen molar-refractivity contribution in [3.8, 4) is 11.5 Å². The average Bonchev–Trinajstić information content (AvgIpc) is 2.90. The molecule has 8 heteroatoms. The van der Waals surface area contributed by atoms with Gasteiger partial charge in [0.25, 0.3) is 0 Å². The van der Waals surface area contributed by atoms with Crippen LogP contribution in [0.15, 0.2) is 18.2 Å². The number of alkyl halides is 3. The van der Waals surface area contributed by atoms with E-state index in [0.717, 1.165) is 0 Å². The van der Waals surface area contributed by atoms with Crippen molar-refractivity contribution in [1.29, 1.82) is 0 Å². The largest absolute Gasteiger partial charge is 0.471 e. The lowest BCUT2D eigenvalue weighted by atomic mass is 10.1. The minimum Gasteiger partial charge on any atom is -0.454 e. The van der Waals surface area contributed by atoms with Crippen molar-refractivity contribution < 1.29 is 27.4 Å². The Labute approximate surface area is 119 Å². The van der Waals surface area contributed by atoms with E-state index in [4.69, 9.17) is 15.2 Å². The van der Waals surface area contributed by atoms with Crippen molar-refractivity contribution in [3.63, 3.8) is 0 Å². The molecule has 1 amide bonds. The molecule has 1 aliphatic rings. The second-order valence-electron chi connectivity index (χ2n) is 4.51. The third-order valence-electron chi connectivity index (χ3n) is 3.20. The van der Waals surface area contributed by atoms with Crippen molar-refractivity contribution in [3.05, 3.63) is 18.2 Å². The van der Waals surface area contributed by atoms with Crippen LogP contribution in [0.3, 0.4) is 0 Å². The predicted octanol–water partition coefficient (Wildman–Crippen LogP) is 2.05. The van der Waals surface area contributed by atoms with Gasteiger partial charge in [-0.1, -0.05) is 6.92 Å². The normalized spacial score (nSPS) is 14.9. The molecular weight excluding hydrogens is 289 g/mol. The van der Waals surface area contributed by atoms with Crippen LogP contribution in [-0.2, 0) is 4.79 Å². The molecule has 5 nitrogen and oxygen atoms in total. The van der Waals surface area contributed by atoms with Crippen molar-refractivity contribution in [2.45, 2.75) is 25.6 Å². The lowest BCUT2D eigenvalue weighted by molar-refractivity contribution is -0.171. The van der Waals surface area contributed by atoms with Gasteiger partial charge in [-0.2, -0.15) is 13.2 Å². The highest BCUT2D eigenvalue weighted by molar-refractivity contribution is 5.98. The van der Waals surface area contributed by atoms with Crippen LogP contribution in [0.25, 0.3) is 0 Å². The van der Waals surface area contributed by atoms with Crippen LogP contribution >= 0.6 is 0 Å². The van der Waals surface area contributed by atoms with E-state index >= 15 is 0 Å². The standard InChI is InChI=1S/C13H15F3N2O3/c1-2-8(6-17)18(12(19)13(14,15)16)9-3-4-10-11(5-9)21-7-20-10/h3-5,8H,2,6-7,17H2,1H3. The zero-order valence-corrected chi connectivity index (χ0v) is 11.3. The minimum atomic E-state index is -4.97. The molecule has 1 unspecified atom stereocenters. The zero-order chi connectivity index (χ0) is 15.6. The first-order valence-corrected chi connectivity index (χ1v) is 6.38. The predicted molar refractivity (Wildman–Crippen MR) is 69.2 cm³/mol. The maximum Gasteiger partial charge on any atom is 0.471 e. The van der Waals surface area contributed by atoms with Gasteiger partial charge in [0, 0.05) is 24.3 Å². The highest BCUT2D eigenvalue weighted by Gasteiger charge is 2.45. The van der Waals surface area contributed by atoms with E-state index in [9.17, 15) is 18.0 Å². The van der Waals surface area contributed by atoms with E-state index in [0.29, 0.717) is 22.8 Å². The van der Waals surface area contributed by atoms with Gasteiger partial charge in [0.15, 0.2) is 11.5 Å². The van der Waals surface area contributed by atoms with E-state index in [2.05, 4.69) is 0 Å². The monoisotopic (exact) mass is 304 g/mol. The fourth-order valence-corrected chi connectivity index (χ4v) is 2.12. The van der Waals surface area contributed by atoms with Crippen LogP contribution in [-0.4, -0.2) is 31.5 Å². The summed E-state index contributed by atoms with van der Waals surface area (Å²) in [6.45, 7) is 1.59. The van der Waals surface area contributed by atoms with Gasteiger partial charge in [-0.15, -0.1) is 0 Å². The maximum atomic E-state index is 12.8. The van der Waals surface area contributed by atoms with Crippen LogP contribution in [0.4, 0.5) is 18.9 Å². The molecule has 0 bridgehead atoms. The zero-order valence-electron chi connectivity index (χ0n) is 11.3. The van der Waals surface area contributed by atoms with Gasteiger partial charge in [-0.25, -0.2) is 0 Å². The fraction of sp³-hybridized carbons (Fsp3) is 0.462. The van der Waals surface area contributed by atoms with E-state index in [1.165, 1.54) is 18.2 Å². The number of ether oxygens (including phenoxy) is 2. The maximum absolute atomic E-state index is 12.8. The number of nitrogens with zero attached hydrogens (tertiary/aromatic N) is 1. The Morgan fingerprint density at radius 2 is 2.05 bits per heavy atom. The third-order valence-corrected chi connectivity index (χ3v) is 3.20. The highest BCUT2D eigenvalue weighted by atomic mass is 19.4. The summed E-state index contributed by atoms with van der Waals surface area (Å²) in [6.07, 6.45) is -4.67. The lowest BCUT2D eigenvalue weighted by Crippen LogP contribution is -2.50. The number of carbonyl (C=O) groups is 1. The molecule has 1 aliphatic heterocycles. The number of benzene rings is 1. The average molecular weight is 304 g/mol. The van der Waals surface area contributed by atoms with Crippen molar-refractivity contribution in [2.75, 3.05) is 18.2 Å². The molecule has 2 N–H and O–H groups in total. The van der Waals surface area contributed by atoms with Crippen LogP contribution in [0.5, 0.6) is 11.5 Å². The Hall–Kier alpha value is -1.96. The first-order valence-electron chi connectivity index (χ1n) is 6.38. The number of amides is 1. The summed E-state index contributed by atoms with van der Waals surface area (Å²) in [5.74, 6) is -1.21. The Kier molecular flexibility index (Phi) is 4.26. The summed E-state index contributed by atoms with van der Waals surface area (Å²) in [5.41, 5.74) is 5.58. The number of fused-ring (bicyclic) bond motifs is 1. The molecule has 1 atom stereocenters. The van der Waals surface area contributed by atoms with Gasteiger partial charge in [-0.05, 0) is 18.6 Å². The minimum absolute atomic E-state index is 0.0000984. The summed E-state index contributed by atoms with van der Waals surface area (Å²) in [6, 6.07) is 3.46. The molecule has 21 heavy (non-hydrogen) atoms. The van der Waals surface area contributed by atoms with Gasteiger partial charge in [0.2, 0.25) is 6.79 Å². The van der Waals surface area contributed by atoms with E-state index < -0.39 is 18.1 Å². The molecule has 0 fully saturated rings. The highest BCUT2D eigenvalue weighted by Crippen LogP contribution is 2.37. The number of rotatable bonds is 4. The van der Waals surface area contributed by atoms with E-state index in [-0.39, 0.29) is 19.0 Å². The van der Waals surface area contributed by atoms with Crippen molar-refractivity contribution >= 4 is 11.6 Å². The molecule has 2 rings (SSSR count). The summed E-state index contributed by atoms with van der Waals surface area (Å²) < 4.78 is 48.6. The number of halogens is 3. The van der Waals surface area contributed by atoms with Gasteiger partial charge < -0.3 is 20.1 Å². The summed E-state index contributed by atoms with van der Waals surface area (Å²) in [4.78, 5) is 12.4. The Balaban J connectivity index is 2.42. The molecule has 0 saturated carbocycles. The second-order valence-corrected chi connectivity index (χ2v) is 4.51. The molecule has 116 valence electrons. The number of hydrogen-bond acceptors (Lipinski definition) is 4. The first-order chi connectivity index (χ1) is 9.88. The van der Waals surface area contributed by atoms with Gasteiger partial charge in [0.05, 0.1) is 0 Å². The Bertz CT molecular complexity index is 530. The number of nitrogens with two attached hydrogens (primary N) is 1. The topological polar surface area (TPSA) is 64.8 Å². The van der Waals surface area contributed by atoms with Gasteiger partial charge in [0.1, 0.15) is 0 Å². The van der Waals surface area contributed by atoms with Crippen LogP contribution in [0, 0.1) is 0 Å². The Morgan fingerprint density at radius 3 is 2.62 bits per heavy atom. The first kappa shape index (κ1) is 15.4. The SMILES string of the molecule is CCC(CN)N(C(=O)C(F)(F)F)c1ccc2c(c1)OCO2. The quantitative estimate of drug-likeness (QED) is 0.924. The van der Waals surface area contributed by atoms with Gasteiger partial charge in [-0.3, -0.25) is 4.79 Å². The summed E-state index contributed by atoms with van der Waals surface area (Å²) >= 11 is 0. The molecular formula is C13H15F3N2O3. The molecule has 1 aromatic carbocycles. The summed E-state index contributed by atoms with van der Waals surface area (Å²) in [5, 5.41) is 0. The summed E-state index contributed by atoms with van der Waals surface area (Å²) in [7, 11) is 0. The van der Waals surface area contributed by atoms with Crippen LogP contribution < -0.4 is 20.1 Å². The van der Waals surface area contributed by atoms with Crippen LogP contribution in [0.1, 0.15) is 13.3 Å². The molecule has 0 aliphatic carbocycles. The second kappa shape index (κ2) is 5.80.